The van der Waals surface area contributed by atoms with E-state index in [0.29, 0.717) is 24.1 Å². The van der Waals surface area contributed by atoms with Gasteiger partial charge in [-0.3, -0.25) is 4.79 Å². The molecule has 3 aromatic rings. The first-order valence-electron chi connectivity index (χ1n) is 6.95. The van der Waals surface area contributed by atoms with Crippen LogP contribution in [0.5, 0.6) is 0 Å². The molecule has 0 N–H and O–H groups in total. The first-order valence-corrected chi connectivity index (χ1v) is 7.83. The minimum absolute atomic E-state index is 0.213. The maximum absolute atomic E-state index is 11.5. The fourth-order valence-corrected chi connectivity index (χ4v) is 3.24. The van der Waals surface area contributed by atoms with Gasteiger partial charge in [0.25, 0.3) is 5.22 Å². The highest BCUT2D eigenvalue weighted by molar-refractivity contribution is 8.00. The molecule has 0 radical (unpaired) electrons. The Labute approximate surface area is 130 Å². The van der Waals surface area contributed by atoms with Crippen LogP contribution in [0.1, 0.15) is 6.42 Å². The molecule has 22 heavy (non-hydrogen) atoms. The molecule has 1 atom stereocenters. The molecule has 1 aromatic heterocycles. The SMILES string of the molecule is O=C1OCCC1Sc1nnc(-c2ccc3ccccc3c2)o1. The average Bonchev–Trinajstić information content (AvgIpc) is 3.17. The summed E-state index contributed by atoms with van der Waals surface area (Å²) < 4.78 is 10.6. The van der Waals surface area contributed by atoms with Gasteiger partial charge in [0.15, 0.2) is 0 Å². The van der Waals surface area contributed by atoms with Gasteiger partial charge < -0.3 is 9.15 Å². The molecular weight excluding hydrogens is 300 g/mol. The number of esters is 1. The number of ether oxygens (including phenoxy) is 1. The number of carbonyl (C=O) groups is 1. The molecule has 0 saturated carbocycles. The van der Waals surface area contributed by atoms with Gasteiger partial charge in [-0.25, -0.2) is 0 Å². The van der Waals surface area contributed by atoms with Crippen molar-refractivity contribution in [1.29, 1.82) is 0 Å². The van der Waals surface area contributed by atoms with Gasteiger partial charge in [0, 0.05) is 12.0 Å². The Hall–Kier alpha value is -2.34. The van der Waals surface area contributed by atoms with Crippen LogP contribution in [0.25, 0.3) is 22.2 Å². The fourth-order valence-electron chi connectivity index (χ4n) is 2.40. The first kappa shape index (κ1) is 13.3. The Morgan fingerprint density at radius 3 is 2.77 bits per heavy atom. The summed E-state index contributed by atoms with van der Waals surface area (Å²) in [4.78, 5) is 11.5. The third kappa shape index (κ3) is 2.46. The van der Waals surface area contributed by atoms with Crippen LogP contribution in [-0.2, 0) is 9.53 Å². The quantitative estimate of drug-likeness (QED) is 0.691. The van der Waals surface area contributed by atoms with Gasteiger partial charge >= 0.3 is 5.97 Å². The number of hydrogen-bond acceptors (Lipinski definition) is 6. The van der Waals surface area contributed by atoms with Crippen LogP contribution in [0, 0.1) is 0 Å². The molecule has 2 heterocycles. The molecule has 4 rings (SSSR count). The first-order chi connectivity index (χ1) is 10.8. The Morgan fingerprint density at radius 2 is 1.95 bits per heavy atom. The zero-order valence-corrected chi connectivity index (χ0v) is 12.4. The summed E-state index contributed by atoms with van der Waals surface area (Å²) in [6.07, 6.45) is 0.678. The fraction of sp³-hybridized carbons (Fsp3) is 0.188. The molecular formula is C16H12N2O3S. The Balaban J connectivity index is 1.60. The standard InChI is InChI=1S/C16H12N2O3S/c19-15-13(7-8-20-15)22-16-18-17-14(21-16)12-6-5-10-3-1-2-4-11(10)9-12/h1-6,9,13H,7-8H2. The highest BCUT2D eigenvalue weighted by Crippen LogP contribution is 2.31. The van der Waals surface area contributed by atoms with Gasteiger partial charge in [-0.05, 0) is 34.7 Å². The highest BCUT2D eigenvalue weighted by Gasteiger charge is 2.29. The van der Waals surface area contributed by atoms with Gasteiger partial charge in [0.2, 0.25) is 5.89 Å². The molecule has 0 bridgehead atoms. The number of carbonyl (C=O) groups excluding carboxylic acids is 1. The van der Waals surface area contributed by atoms with Crippen molar-refractivity contribution in [3.8, 4) is 11.5 Å². The third-order valence-electron chi connectivity index (χ3n) is 3.53. The number of rotatable bonds is 3. The van der Waals surface area contributed by atoms with Crippen LogP contribution in [-0.4, -0.2) is 28.0 Å². The summed E-state index contributed by atoms with van der Waals surface area (Å²) in [5.41, 5.74) is 0.868. The van der Waals surface area contributed by atoms with Gasteiger partial charge in [0.05, 0.1) is 6.61 Å². The second-order valence-electron chi connectivity index (χ2n) is 5.00. The maximum atomic E-state index is 11.5. The van der Waals surface area contributed by atoms with Crippen LogP contribution in [0.4, 0.5) is 0 Å². The number of thioether (sulfide) groups is 1. The van der Waals surface area contributed by atoms with E-state index in [4.69, 9.17) is 9.15 Å². The van der Waals surface area contributed by atoms with Gasteiger partial charge in [-0.2, -0.15) is 0 Å². The zero-order chi connectivity index (χ0) is 14.9. The number of aromatic nitrogens is 2. The Kier molecular flexibility index (Phi) is 3.31. The number of fused-ring (bicyclic) bond motifs is 1. The van der Waals surface area contributed by atoms with E-state index in [1.807, 2.05) is 36.4 Å². The largest absolute Gasteiger partial charge is 0.465 e. The predicted octanol–water partition coefficient (Wildman–Crippen LogP) is 3.30. The lowest BCUT2D eigenvalue weighted by Crippen LogP contribution is -2.09. The zero-order valence-electron chi connectivity index (χ0n) is 11.6. The monoisotopic (exact) mass is 312 g/mol. The van der Waals surface area contributed by atoms with Crippen molar-refractivity contribution in [2.75, 3.05) is 6.61 Å². The molecule has 2 aromatic carbocycles. The van der Waals surface area contributed by atoms with Crippen molar-refractivity contribution < 1.29 is 13.9 Å². The number of hydrogen-bond donors (Lipinski definition) is 0. The van der Waals surface area contributed by atoms with Crippen molar-refractivity contribution in [3.63, 3.8) is 0 Å². The third-order valence-corrected chi connectivity index (χ3v) is 4.61. The molecule has 0 spiro atoms. The van der Waals surface area contributed by atoms with Crippen LogP contribution < -0.4 is 0 Å². The molecule has 6 heteroatoms. The highest BCUT2D eigenvalue weighted by atomic mass is 32.2. The number of cyclic esters (lactones) is 1. The molecule has 0 amide bonds. The molecule has 110 valence electrons. The van der Waals surface area contributed by atoms with Crippen LogP contribution in [0.3, 0.4) is 0 Å². The summed E-state index contributed by atoms with van der Waals surface area (Å²) in [6, 6.07) is 14.1. The molecule has 0 aliphatic carbocycles. The molecule has 1 unspecified atom stereocenters. The summed E-state index contributed by atoms with van der Waals surface area (Å²) >= 11 is 1.26. The summed E-state index contributed by atoms with van der Waals surface area (Å²) in [5.74, 6) is 0.245. The lowest BCUT2D eigenvalue weighted by atomic mass is 10.1. The van der Waals surface area contributed by atoms with Crippen molar-refractivity contribution in [2.45, 2.75) is 16.9 Å². The average molecular weight is 312 g/mol. The lowest BCUT2D eigenvalue weighted by molar-refractivity contribution is -0.137. The number of nitrogens with zero attached hydrogens (tertiary/aromatic N) is 2. The van der Waals surface area contributed by atoms with E-state index in [9.17, 15) is 4.79 Å². The topological polar surface area (TPSA) is 65.2 Å². The Bertz CT molecular complexity index is 846. The van der Waals surface area contributed by atoms with Crippen molar-refractivity contribution in [2.24, 2.45) is 0 Å². The van der Waals surface area contributed by atoms with Crippen molar-refractivity contribution in [1.82, 2.24) is 10.2 Å². The van der Waals surface area contributed by atoms with Gasteiger partial charge in [-0.15, -0.1) is 10.2 Å². The second kappa shape index (κ2) is 5.46. The van der Waals surface area contributed by atoms with E-state index >= 15 is 0 Å². The lowest BCUT2D eigenvalue weighted by Gasteiger charge is -2.00. The molecule has 5 nitrogen and oxygen atoms in total. The molecule has 1 aliphatic rings. The number of benzene rings is 2. The van der Waals surface area contributed by atoms with E-state index in [1.165, 1.54) is 11.8 Å². The van der Waals surface area contributed by atoms with Gasteiger partial charge in [-0.1, -0.05) is 30.3 Å². The minimum atomic E-state index is -0.245. The molecule has 1 fully saturated rings. The van der Waals surface area contributed by atoms with E-state index in [0.717, 1.165) is 16.3 Å². The van der Waals surface area contributed by atoms with Crippen LogP contribution in [0.15, 0.2) is 52.1 Å². The smallest absolute Gasteiger partial charge is 0.319 e. The van der Waals surface area contributed by atoms with E-state index < -0.39 is 0 Å². The molecule has 1 saturated heterocycles. The summed E-state index contributed by atoms with van der Waals surface area (Å²) in [5, 5.41) is 10.5. The van der Waals surface area contributed by atoms with E-state index in [-0.39, 0.29) is 11.2 Å². The van der Waals surface area contributed by atoms with Crippen molar-refractivity contribution >= 4 is 28.5 Å². The summed E-state index contributed by atoms with van der Waals surface area (Å²) in [6.45, 7) is 0.460. The van der Waals surface area contributed by atoms with E-state index in [1.54, 1.807) is 0 Å². The Morgan fingerprint density at radius 1 is 1.09 bits per heavy atom. The normalized spacial score (nSPS) is 17.8. The van der Waals surface area contributed by atoms with Crippen LogP contribution in [0.2, 0.25) is 0 Å². The maximum Gasteiger partial charge on any atom is 0.319 e. The van der Waals surface area contributed by atoms with Gasteiger partial charge in [0.1, 0.15) is 5.25 Å². The van der Waals surface area contributed by atoms with E-state index in [2.05, 4.69) is 16.3 Å². The van der Waals surface area contributed by atoms with Crippen molar-refractivity contribution in [3.05, 3.63) is 42.5 Å². The molecule has 1 aliphatic heterocycles. The second-order valence-corrected chi connectivity index (χ2v) is 6.15. The summed E-state index contributed by atoms with van der Waals surface area (Å²) in [7, 11) is 0. The van der Waals surface area contributed by atoms with Crippen LogP contribution >= 0.6 is 11.8 Å². The predicted molar refractivity (Wildman–Crippen MR) is 82.5 cm³/mol. The minimum Gasteiger partial charge on any atom is -0.465 e.